The highest BCUT2D eigenvalue weighted by atomic mass is 16.1. The molecule has 0 saturated heterocycles. The molecular weight excluding hydrogens is 236 g/mol. The third-order valence-corrected chi connectivity index (χ3v) is 3.19. The van der Waals surface area contributed by atoms with Crippen molar-refractivity contribution >= 4 is 5.91 Å². The fourth-order valence-electron chi connectivity index (χ4n) is 1.94. The van der Waals surface area contributed by atoms with Crippen LogP contribution in [-0.4, -0.2) is 11.9 Å². The standard InChI is InChI=1S/C16H22N2O/c1-12(2)15(11-17)16(19)18-13(3)9-10-14-7-5-4-6-8-14/h4-8,12-13,15H,9-10H2,1-3H3,(H,18,19). The third kappa shape index (κ3) is 5.13. The van der Waals surface area contributed by atoms with Gasteiger partial charge in [0.1, 0.15) is 5.92 Å². The number of carbonyl (C=O) groups excluding carboxylic acids is 1. The van der Waals surface area contributed by atoms with Crippen LogP contribution in [0.4, 0.5) is 0 Å². The van der Waals surface area contributed by atoms with Gasteiger partial charge in [-0.15, -0.1) is 0 Å². The molecule has 0 saturated carbocycles. The van der Waals surface area contributed by atoms with E-state index in [0.717, 1.165) is 12.8 Å². The van der Waals surface area contributed by atoms with Gasteiger partial charge >= 0.3 is 0 Å². The van der Waals surface area contributed by atoms with Crippen molar-refractivity contribution in [1.29, 1.82) is 5.26 Å². The Hall–Kier alpha value is -1.82. The summed E-state index contributed by atoms with van der Waals surface area (Å²) in [6.07, 6.45) is 1.81. The number of benzene rings is 1. The summed E-state index contributed by atoms with van der Waals surface area (Å²) in [6, 6.07) is 12.4. The van der Waals surface area contributed by atoms with Gasteiger partial charge in [-0.25, -0.2) is 0 Å². The highest BCUT2D eigenvalue weighted by Gasteiger charge is 2.22. The van der Waals surface area contributed by atoms with Gasteiger partial charge in [0.2, 0.25) is 5.91 Å². The number of amides is 1. The molecule has 0 aromatic heterocycles. The van der Waals surface area contributed by atoms with Crippen LogP contribution in [0.5, 0.6) is 0 Å². The first-order valence-corrected chi connectivity index (χ1v) is 6.78. The zero-order chi connectivity index (χ0) is 14.3. The average Bonchev–Trinajstić information content (AvgIpc) is 2.38. The lowest BCUT2D eigenvalue weighted by molar-refractivity contribution is -0.125. The third-order valence-electron chi connectivity index (χ3n) is 3.19. The molecule has 3 heteroatoms. The Morgan fingerprint density at radius 2 is 1.89 bits per heavy atom. The first-order chi connectivity index (χ1) is 9.04. The van der Waals surface area contributed by atoms with Crippen LogP contribution in [0.25, 0.3) is 0 Å². The Kier molecular flexibility index (Phi) is 6.08. The van der Waals surface area contributed by atoms with Gasteiger partial charge < -0.3 is 5.32 Å². The molecule has 2 unspecified atom stereocenters. The predicted molar refractivity (Wildman–Crippen MR) is 76.3 cm³/mol. The second kappa shape index (κ2) is 7.58. The molecule has 0 bridgehead atoms. The molecule has 0 aliphatic heterocycles. The summed E-state index contributed by atoms with van der Waals surface area (Å²) in [6.45, 7) is 5.76. The number of hydrogen-bond acceptors (Lipinski definition) is 2. The lowest BCUT2D eigenvalue weighted by atomic mass is 9.96. The SMILES string of the molecule is CC(CCc1ccccc1)NC(=O)C(C#N)C(C)C. The Morgan fingerprint density at radius 3 is 2.42 bits per heavy atom. The van der Waals surface area contributed by atoms with Crippen molar-refractivity contribution in [3.8, 4) is 6.07 Å². The van der Waals surface area contributed by atoms with Crippen molar-refractivity contribution in [2.75, 3.05) is 0 Å². The molecule has 1 aromatic rings. The minimum atomic E-state index is -0.556. The highest BCUT2D eigenvalue weighted by molar-refractivity contribution is 5.81. The molecule has 0 aliphatic rings. The number of rotatable bonds is 6. The van der Waals surface area contributed by atoms with Crippen LogP contribution in [0.2, 0.25) is 0 Å². The van der Waals surface area contributed by atoms with E-state index in [4.69, 9.17) is 5.26 Å². The van der Waals surface area contributed by atoms with E-state index in [9.17, 15) is 4.79 Å². The maximum absolute atomic E-state index is 11.9. The molecule has 0 fully saturated rings. The lowest BCUT2D eigenvalue weighted by Gasteiger charge is -2.18. The number of hydrogen-bond donors (Lipinski definition) is 1. The summed E-state index contributed by atoms with van der Waals surface area (Å²) < 4.78 is 0. The van der Waals surface area contributed by atoms with E-state index in [-0.39, 0.29) is 17.9 Å². The summed E-state index contributed by atoms with van der Waals surface area (Å²) in [5.74, 6) is -0.663. The smallest absolute Gasteiger partial charge is 0.237 e. The maximum Gasteiger partial charge on any atom is 0.237 e. The Bertz CT molecular complexity index is 434. The van der Waals surface area contributed by atoms with Crippen LogP contribution in [0.3, 0.4) is 0 Å². The van der Waals surface area contributed by atoms with Crippen molar-refractivity contribution in [2.24, 2.45) is 11.8 Å². The summed E-state index contributed by atoms with van der Waals surface area (Å²) in [7, 11) is 0. The van der Waals surface area contributed by atoms with Crippen molar-refractivity contribution < 1.29 is 4.79 Å². The van der Waals surface area contributed by atoms with Crippen LogP contribution in [0.1, 0.15) is 32.8 Å². The number of aryl methyl sites for hydroxylation is 1. The first-order valence-electron chi connectivity index (χ1n) is 6.78. The van der Waals surface area contributed by atoms with Gasteiger partial charge in [-0.05, 0) is 31.2 Å². The quantitative estimate of drug-likeness (QED) is 0.853. The van der Waals surface area contributed by atoms with Crippen molar-refractivity contribution in [2.45, 2.75) is 39.7 Å². The van der Waals surface area contributed by atoms with Gasteiger partial charge in [0, 0.05) is 6.04 Å². The molecule has 0 heterocycles. The Balaban J connectivity index is 2.41. The topological polar surface area (TPSA) is 52.9 Å². The van der Waals surface area contributed by atoms with E-state index in [2.05, 4.69) is 23.5 Å². The molecule has 0 radical (unpaired) electrons. The second-order valence-corrected chi connectivity index (χ2v) is 5.28. The normalized spacial score (nSPS) is 13.6. The predicted octanol–water partition coefficient (Wildman–Crippen LogP) is 2.92. The second-order valence-electron chi connectivity index (χ2n) is 5.28. The van der Waals surface area contributed by atoms with Crippen LogP contribution >= 0.6 is 0 Å². The molecule has 1 aromatic carbocycles. The summed E-state index contributed by atoms with van der Waals surface area (Å²) in [5.41, 5.74) is 1.27. The summed E-state index contributed by atoms with van der Waals surface area (Å²) >= 11 is 0. The molecule has 19 heavy (non-hydrogen) atoms. The minimum absolute atomic E-state index is 0.0475. The zero-order valence-electron chi connectivity index (χ0n) is 11.9. The van der Waals surface area contributed by atoms with Crippen LogP contribution < -0.4 is 5.32 Å². The van der Waals surface area contributed by atoms with Crippen LogP contribution in [0.15, 0.2) is 30.3 Å². The van der Waals surface area contributed by atoms with Crippen molar-refractivity contribution in [1.82, 2.24) is 5.32 Å². The van der Waals surface area contributed by atoms with E-state index >= 15 is 0 Å². The molecule has 1 N–H and O–H groups in total. The zero-order valence-corrected chi connectivity index (χ0v) is 11.9. The van der Waals surface area contributed by atoms with Crippen LogP contribution in [0, 0.1) is 23.2 Å². The van der Waals surface area contributed by atoms with Crippen LogP contribution in [-0.2, 0) is 11.2 Å². The van der Waals surface area contributed by atoms with Gasteiger partial charge in [-0.2, -0.15) is 5.26 Å². The van der Waals surface area contributed by atoms with Gasteiger partial charge in [-0.3, -0.25) is 4.79 Å². The van der Waals surface area contributed by atoms with E-state index in [1.807, 2.05) is 39.0 Å². The van der Waals surface area contributed by atoms with Gasteiger partial charge in [0.05, 0.1) is 6.07 Å². The molecular formula is C16H22N2O. The Morgan fingerprint density at radius 1 is 1.26 bits per heavy atom. The number of nitrogens with zero attached hydrogens (tertiary/aromatic N) is 1. The summed E-state index contributed by atoms with van der Waals surface area (Å²) in [5, 5.41) is 11.9. The van der Waals surface area contributed by atoms with E-state index < -0.39 is 5.92 Å². The number of nitriles is 1. The first kappa shape index (κ1) is 15.2. The van der Waals surface area contributed by atoms with Gasteiger partial charge in [0.15, 0.2) is 0 Å². The molecule has 3 nitrogen and oxygen atoms in total. The molecule has 1 amide bonds. The Labute approximate surface area is 115 Å². The highest BCUT2D eigenvalue weighted by Crippen LogP contribution is 2.11. The van der Waals surface area contributed by atoms with E-state index in [1.165, 1.54) is 5.56 Å². The molecule has 2 atom stereocenters. The number of nitrogens with one attached hydrogen (secondary N) is 1. The average molecular weight is 258 g/mol. The van der Waals surface area contributed by atoms with Gasteiger partial charge in [-0.1, -0.05) is 44.2 Å². The molecule has 102 valence electrons. The molecule has 0 spiro atoms. The lowest BCUT2D eigenvalue weighted by Crippen LogP contribution is -2.38. The fraction of sp³-hybridized carbons (Fsp3) is 0.500. The van der Waals surface area contributed by atoms with Gasteiger partial charge in [0.25, 0.3) is 0 Å². The fourth-order valence-corrected chi connectivity index (χ4v) is 1.94. The molecule has 0 aliphatic carbocycles. The summed E-state index contributed by atoms with van der Waals surface area (Å²) in [4.78, 5) is 11.9. The largest absolute Gasteiger partial charge is 0.352 e. The monoisotopic (exact) mass is 258 g/mol. The van der Waals surface area contributed by atoms with Crippen molar-refractivity contribution in [3.05, 3.63) is 35.9 Å². The van der Waals surface area contributed by atoms with E-state index in [0.29, 0.717) is 0 Å². The maximum atomic E-state index is 11.9. The minimum Gasteiger partial charge on any atom is -0.352 e. The molecule has 1 rings (SSSR count). The number of carbonyl (C=O) groups is 1. The van der Waals surface area contributed by atoms with Crippen molar-refractivity contribution in [3.63, 3.8) is 0 Å². The van der Waals surface area contributed by atoms with E-state index in [1.54, 1.807) is 0 Å².